The lowest BCUT2D eigenvalue weighted by Gasteiger charge is -2.11. The molecular formula is C9H12NO4S. The molecule has 0 bridgehead atoms. The third-order valence-corrected chi connectivity index (χ3v) is 4.06. The molecule has 0 aromatic heterocycles. The van der Waals surface area contributed by atoms with Gasteiger partial charge >= 0.3 is 0 Å². The fourth-order valence-corrected chi connectivity index (χ4v) is 2.83. The molecule has 1 aliphatic heterocycles. The highest BCUT2D eigenvalue weighted by Crippen LogP contribution is 2.10. The Kier molecular flexibility index (Phi) is 4.16. The van der Waals surface area contributed by atoms with Gasteiger partial charge in [-0.05, 0) is 18.9 Å². The van der Waals surface area contributed by atoms with E-state index >= 15 is 0 Å². The molecule has 1 radical (unpaired) electrons. The van der Waals surface area contributed by atoms with Crippen LogP contribution < -0.4 is 0 Å². The number of nitrogens with zero attached hydrogens (tertiary/aromatic N) is 1. The van der Waals surface area contributed by atoms with Crippen LogP contribution in [0.25, 0.3) is 0 Å². The Hall–Kier alpha value is -1.01. The highest BCUT2D eigenvalue weighted by atomic mass is 32.2. The molecule has 1 rings (SSSR count). The highest BCUT2D eigenvalue weighted by Gasteiger charge is 2.29. The zero-order valence-electron chi connectivity index (χ0n) is 8.13. The van der Waals surface area contributed by atoms with Crippen LogP contribution in [-0.2, 0) is 19.7 Å². The summed E-state index contributed by atoms with van der Waals surface area (Å²) < 4.78 is 23.3. The largest absolute Gasteiger partial charge is 0.291 e. The van der Waals surface area contributed by atoms with Crippen molar-refractivity contribution in [3.63, 3.8) is 0 Å². The zero-order valence-corrected chi connectivity index (χ0v) is 8.94. The number of carbonyl (C=O) groups excluding carboxylic acids is 1. The lowest BCUT2D eigenvalue weighted by molar-refractivity contribution is -0.111. The number of hydrogen-bond donors (Lipinski definition) is 0. The second-order valence-electron chi connectivity index (χ2n) is 3.22. The lowest BCUT2D eigenvalue weighted by atomic mass is 10.2. The van der Waals surface area contributed by atoms with Gasteiger partial charge in [-0.15, -0.1) is 0 Å². The average molecular weight is 230 g/mol. The Morgan fingerprint density at radius 3 is 2.67 bits per heavy atom. The van der Waals surface area contributed by atoms with Gasteiger partial charge in [-0.25, -0.2) is 13.5 Å². The Morgan fingerprint density at radius 2 is 2.07 bits per heavy atom. The van der Waals surface area contributed by atoms with Crippen molar-refractivity contribution in [3.8, 4) is 0 Å². The second kappa shape index (κ2) is 5.18. The van der Waals surface area contributed by atoms with Crippen LogP contribution in [0.1, 0.15) is 12.8 Å². The fourth-order valence-electron chi connectivity index (χ4n) is 1.24. The molecule has 0 aromatic carbocycles. The minimum Gasteiger partial charge on any atom is -0.291 e. The van der Waals surface area contributed by atoms with E-state index in [0.717, 1.165) is 6.21 Å². The van der Waals surface area contributed by atoms with Crippen LogP contribution in [0, 0.1) is 0 Å². The predicted molar refractivity (Wildman–Crippen MR) is 55.0 cm³/mol. The summed E-state index contributed by atoms with van der Waals surface area (Å²) in [5.74, 6) is -0.635. The normalized spacial score (nSPS) is 20.9. The van der Waals surface area contributed by atoms with Gasteiger partial charge in [0.2, 0.25) is 0 Å². The molecule has 5 nitrogen and oxygen atoms in total. The first kappa shape index (κ1) is 12.1. The molecule has 0 amide bonds. The van der Waals surface area contributed by atoms with Crippen molar-refractivity contribution in [3.05, 3.63) is 12.3 Å². The molecule has 0 aromatic rings. The molecule has 0 N–H and O–H groups in total. The smallest absolute Gasteiger partial charge is 0.195 e. The van der Waals surface area contributed by atoms with Crippen molar-refractivity contribution in [2.24, 2.45) is 4.99 Å². The molecular weight excluding hydrogens is 218 g/mol. The van der Waals surface area contributed by atoms with Gasteiger partial charge in [0.1, 0.15) is 5.25 Å². The van der Waals surface area contributed by atoms with Gasteiger partial charge in [-0.3, -0.25) is 9.79 Å². The van der Waals surface area contributed by atoms with E-state index in [4.69, 9.17) is 0 Å². The number of rotatable bonds is 5. The molecule has 0 spiro atoms. The molecule has 1 unspecified atom stereocenters. The molecule has 0 saturated heterocycles. The van der Waals surface area contributed by atoms with Crippen LogP contribution in [0.3, 0.4) is 0 Å². The number of aliphatic imine (C=N–C) groups is 1. The van der Waals surface area contributed by atoms with E-state index in [1.54, 1.807) is 0 Å². The van der Waals surface area contributed by atoms with Gasteiger partial charge in [0.05, 0.1) is 18.6 Å². The number of sulfone groups is 1. The van der Waals surface area contributed by atoms with Gasteiger partial charge in [0.25, 0.3) is 0 Å². The van der Waals surface area contributed by atoms with Crippen LogP contribution in [-0.4, -0.2) is 38.0 Å². The summed E-state index contributed by atoms with van der Waals surface area (Å²) in [6.45, 7) is -0.286. The minimum atomic E-state index is -3.47. The topological polar surface area (TPSA) is 83.5 Å². The Labute approximate surface area is 88.4 Å². The van der Waals surface area contributed by atoms with Gasteiger partial charge in [0.15, 0.2) is 15.6 Å². The summed E-state index contributed by atoms with van der Waals surface area (Å²) in [6.07, 6.45) is 4.21. The van der Waals surface area contributed by atoms with E-state index in [0.29, 0.717) is 12.8 Å². The van der Waals surface area contributed by atoms with Gasteiger partial charge < -0.3 is 0 Å². The quantitative estimate of drug-likeness (QED) is 0.630. The van der Waals surface area contributed by atoms with Crippen LogP contribution in [0.2, 0.25) is 0 Å². The number of hydrogen-bond acceptors (Lipinski definition) is 4. The fraction of sp³-hybridized carbons (Fsp3) is 0.556. The first-order chi connectivity index (χ1) is 7.08. The van der Waals surface area contributed by atoms with E-state index in [1.807, 2.05) is 0 Å². The van der Waals surface area contributed by atoms with Crippen molar-refractivity contribution in [2.45, 2.75) is 18.1 Å². The monoisotopic (exact) mass is 230 g/mol. The van der Waals surface area contributed by atoms with Gasteiger partial charge in [0, 0.05) is 6.20 Å². The SMILES string of the molecule is [O]CCCCS(=O)(=O)C1C=CN=CC1=O. The molecule has 1 atom stereocenters. The summed E-state index contributed by atoms with van der Waals surface area (Å²) >= 11 is 0. The maximum Gasteiger partial charge on any atom is 0.195 e. The van der Waals surface area contributed by atoms with Crippen molar-refractivity contribution >= 4 is 21.8 Å². The minimum absolute atomic E-state index is 0.121. The summed E-state index contributed by atoms with van der Waals surface area (Å²) in [6, 6.07) is 0. The molecule has 6 heteroatoms. The molecule has 1 heterocycles. The Bertz CT molecular complexity index is 383. The van der Waals surface area contributed by atoms with E-state index in [1.165, 1.54) is 12.3 Å². The molecule has 0 fully saturated rings. The van der Waals surface area contributed by atoms with E-state index in [2.05, 4.69) is 4.99 Å². The predicted octanol–water partition coefficient (Wildman–Crippen LogP) is 0.148. The van der Waals surface area contributed by atoms with Crippen molar-refractivity contribution < 1.29 is 18.3 Å². The van der Waals surface area contributed by atoms with Crippen molar-refractivity contribution in [1.29, 1.82) is 0 Å². The molecule has 0 aliphatic carbocycles. The first-order valence-corrected chi connectivity index (χ1v) is 6.33. The third-order valence-electron chi connectivity index (χ3n) is 2.04. The van der Waals surface area contributed by atoms with Crippen molar-refractivity contribution in [1.82, 2.24) is 0 Å². The number of unbranched alkanes of at least 4 members (excludes halogenated alkanes) is 1. The molecule has 15 heavy (non-hydrogen) atoms. The summed E-state index contributed by atoms with van der Waals surface area (Å²) in [5, 5.41) is 9.05. The van der Waals surface area contributed by atoms with Crippen LogP contribution in [0.15, 0.2) is 17.3 Å². The molecule has 0 saturated carbocycles. The molecule has 1 aliphatic rings. The number of carbonyl (C=O) groups is 1. The van der Waals surface area contributed by atoms with Gasteiger partial charge in [-0.1, -0.05) is 0 Å². The van der Waals surface area contributed by atoms with Crippen molar-refractivity contribution in [2.75, 3.05) is 12.4 Å². The van der Waals surface area contributed by atoms with E-state index < -0.39 is 20.9 Å². The first-order valence-electron chi connectivity index (χ1n) is 4.61. The standard InChI is InChI=1S/C9H12NO4S/c11-5-1-2-6-15(13,14)9-3-4-10-7-8(9)12/h3-4,7,9H,1-2,5-6H2. The summed E-state index contributed by atoms with van der Waals surface area (Å²) in [4.78, 5) is 14.8. The van der Waals surface area contributed by atoms with E-state index in [-0.39, 0.29) is 12.4 Å². The highest BCUT2D eigenvalue weighted by molar-refractivity contribution is 7.93. The van der Waals surface area contributed by atoms with Gasteiger partial charge in [-0.2, -0.15) is 0 Å². The van der Waals surface area contributed by atoms with Crippen LogP contribution >= 0.6 is 0 Å². The Balaban J connectivity index is 2.65. The molecule has 83 valence electrons. The zero-order chi connectivity index (χ0) is 11.3. The average Bonchev–Trinajstić information content (AvgIpc) is 2.18. The summed E-state index contributed by atoms with van der Waals surface area (Å²) in [7, 11) is -3.47. The third kappa shape index (κ3) is 3.24. The number of Topliss-reactive ketones (excluding diaryl/α,β-unsaturated/α-hetero) is 1. The van der Waals surface area contributed by atoms with E-state index in [9.17, 15) is 18.3 Å². The number of ketones is 1. The maximum absolute atomic E-state index is 11.6. The second-order valence-corrected chi connectivity index (χ2v) is 5.46. The lowest BCUT2D eigenvalue weighted by Crippen LogP contribution is -2.32. The Morgan fingerprint density at radius 1 is 1.33 bits per heavy atom. The summed E-state index contributed by atoms with van der Waals surface area (Å²) in [5.41, 5.74) is 0. The van der Waals surface area contributed by atoms with Crippen LogP contribution in [0.5, 0.6) is 0 Å². The van der Waals surface area contributed by atoms with Crippen LogP contribution in [0.4, 0.5) is 0 Å². The maximum atomic E-state index is 11.6.